The van der Waals surface area contributed by atoms with Crippen molar-refractivity contribution in [1.82, 2.24) is 0 Å². The van der Waals surface area contributed by atoms with Crippen LogP contribution < -0.4 is 0 Å². The van der Waals surface area contributed by atoms with E-state index in [1.165, 1.54) is 12.1 Å². The Bertz CT molecular complexity index is 422. The molecule has 0 saturated heterocycles. The van der Waals surface area contributed by atoms with Gasteiger partial charge in [0.1, 0.15) is 0 Å². The van der Waals surface area contributed by atoms with E-state index >= 15 is 0 Å². The zero-order valence-electron chi connectivity index (χ0n) is 7.40. The third kappa shape index (κ3) is 6.36. The van der Waals surface area contributed by atoms with E-state index in [4.69, 9.17) is 19.2 Å². The molecule has 0 spiro atoms. The number of aldehydes is 1. The Kier molecular flexibility index (Phi) is 5.21. The van der Waals surface area contributed by atoms with Crippen LogP contribution in [-0.2, 0) is 19.7 Å². The second-order valence-corrected chi connectivity index (χ2v) is 3.67. The van der Waals surface area contributed by atoms with Crippen LogP contribution in [0.1, 0.15) is 0 Å². The molecule has 0 heterocycles. The predicted octanol–water partition coefficient (Wildman–Crippen LogP) is 0.203. The maximum absolute atomic E-state index is 10.4. The van der Waals surface area contributed by atoms with E-state index in [-0.39, 0.29) is 11.2 Å². The Morgan fingerprint density at radius 2 is 1.60 bits per heavy atom. The van der Waals surface area contributed by atoms with Gasteiger partial charge in [0, 0.05) is 0 Å². The van der Waals surface area contributed by atoms with Crippen molar-refractivity contribution in [2.75, 3.05) is 0 Å². The second kappa shape index (κ2) is 5.89. The summed E-state index contributed by atoms with van der Waals surface area (Å²) in [5, 5.41) is 7.35. The molecule has 0 bridgehead atoms. The van der Waals surface area contributed by atoms with Crippen LogP contribution in [0, 0.1) is 0 Å². The molecule has 0 atom stereocenters. The van der Waals surface area contributed by atoms with Gasteiger partial charge in [0.15, 0.2) is 0 Å². The van der Waals surface area contributed by atoms with Gasteiger partial charge in [0.05, 0.1) is 4.90 Å². The highest BCUT2D eigenvalue weighted by atomic mass is 32.2. The lowest BCUT2D eigenvalue weighted by atomic mass is 10.4. The molecule has 7 heteroatoms. The molecule has 0 radical (unpaired) electrons. The molecule has 1 aromatic rings. The number of carboxylic acids is 1. The van der Waals surface area contributed by atoms with Gasteiger partial charge in [-0.1, -0.05) is 18.2 Å². The smallest absolute Gasteiger partial charge is 0.368 e. The average molecular weight is 232 g/mol. The minimum Gasteiger partial charge on any atom is -0.476 e. The van der Waals surface area contributed by atoms with Gasteiger partial charge in [0.25, 0.3) is 10.1 Å². The molecule has 0 aliphatic heterocycles. The van der Waals surface area contributed by atoms with Gasteiger partial charge in [-0.3, -0.25) is 9.35 Å². The molecule has 1 aromatic carbocycles. The van der Waals surface area contributed by atoms with Gasteiger partial charge in [0.2, 0.25) is 6.29 Å². The standard InChI is InChI=1S/C6H6O3S.C2H2O3/c7-10(8,9)6-4-2-1-3-5-6;3-1-2(4)5/h1-5H,(H,7,8,9);1H,(H,4,5). The van der Waals surface area contributed by atoms with Crippen molar-refractivity contribution in [3.05, 3.63) is 30.3 Å². The highest BCUT2D eigenvalue weighted by Crippen LogP contribution is 2.05. The maximum Gasteiger partial charge on any atom is 0.368 e. The first-order valence-electron chi connectivity index (χ1n) is 3.58. The molecule has 0 saturated carbocycles. The summed E-state index contributed by atoms with van der Waals surface area (Å²) in [4.78, 5) is 17.8. The van der Waals surface area contributed by atoms with Crippen molar-refractivity contribution in [2.45, 2.75) is 4.90 Å². The molecule has 0 aromatic heterocycles. The lowest BCUT2D eigenvalue weighted by Crippen LogP contribution is -1.96. The SMILES string of the molecule is O=CC(=O)O.O=S(=O)(O)c1ccccc1. The van der Waals surface area contributed by atoms with Crippen molar-refractivity contribution in [1.29, 1.82) is 0 Å². The number of hydrogen-bond donors (Lipinski definition) is 2. The Labute approximate surface area is 85.9 Å². The molecule has 0 aliphatic rings. The summed E-state index contributed by atoms with van der Waals surface area (Å²) in [6.07, 6.45) is -0.167. The van der Waals surface area contributed by atoms with Crippen LogP contribution in [0.4, 0.5) is 0 Å². The molecular weight excluding hydrogens is 224 g/mol. The van der Waals surface area contributed by atoms with Crippen molar-refractivity contribution >= 4 is 22.4 Å². The average Bonchev–Trinajstić information content (AvgIpc) is 2.19. The van der Waals surface area contributed by atoms with Crippen molar-refractivity contribution < 1.29 is 27.7 Å². The molecule has 0 aliphatic carbocycles. The third-order valence-electron chi connectivity index (χ3n) is 1.14. The Balaban J connectivity index is 0.000000336. The lowest BCUT2D eigenvalue weighted by Gasteiger charge is -1.92. The molecular formula is C8H8O6S. The number of carbonyl (C=O) groups is 2. The first-order chi connectivity index (χ1) is 6.88. The monoisotopic (exact) mass is 232 g/mol. The fourth-order valence-electron chi connectivity index (χ4n) is 0.592. The number of hydrogen-bond acceptors (Lipinski definition) is 4. The summed E-state index contributed by atoms with van der Waals surface area (Å²) >= 11 is 0. The van der Waals surface area contributed by atoms with Crippen LogP contribution in [0.25, 0.3) is 0 Å². The molecule has 15 heavy (non-hydrogen) atoms. The Morgan fingerprint density at radius 1 is 1.20 bits per heavy atom. The zero-order chi connectivity index (χ0) is 11.9. The van der Waals surface area contributed by atoms with Crippen LogP contribution in [0.3, 0.4) is 0 Å². The zero-order valence-corrected chi connectivity index (χ0v) is 8.22. The molecule has 2 N–H and O–H groups in total. The van der Waals surface area contributed by atoms with E-state index in [1.54, 1.807) is 18.2 Å². The molecule has 0 amide bonds. The van der Waals surface area contributed by atoms with E-state index in [1.807, 2.05) is 0 Å². The minimum atomic E-state index is -4.00. The summed E-state index contributed by atoms with van der Waals surface area (Å²) in [7, 11) is -4.00. The summed E-state index contributed by atoms with van der Waals surface area (Å²) in [6, 6.07) is 7.42. The third-order valence-corrected chi connectivity index (χ3v) is 2.01. The molecule has 1 rings (SSSR count). The van der Waals surface area contributed by atoms with Crippen LogP contribution in [-0.4, -0.2) is 30.3 Å². The molecule has 6 nitrogen and oxygen atoms in total. The maximum atomic E-state index is 10.4. The quantitative estimate of drug-likeness (QED) is 0.428. The number of rotatable bonds is 2. The Hall–Kier alpha value is -1.73. The normalized spacial score (nSPS) is 9.67. The van der Waals surface area contributed by atoms with Crippen LogP contribution in [0.2, 0.25) is 0 Å². The number of carboxylic acid groups (broad SMARTS) is 1. The van der Waals surface area contributed by atoms with E-state index in [0.717, 1.165) is 0 Å². The minimum absolute atomic E-state index is 0.0741. The van der Waals surface area contributed by atoms with Gasteiger partial charge in [-0.2, -0.15) is 8.42 Å². The highest BCUT2D eigenvalue weighted by molar-refractivity contribution is 7.85. The number of benzene rings is 1. The summed E-state index contributed by atoms with van der Waals surface area (Å²) in [5.41, 5.74) is 0. The number of aliphatic carboxylic acids is 1. The summed E-state index contributed by atoms with van der Waals surface area (Å²) in [5.74, 6) is -1.43. The molecule has 0 unspecified atom stereocenters. The van der Waals surface area contributed by atoms with Gasteiger partial charge >= 0.3 is 5.97 Å². The van der Waals surface area contributed by atoms with Crippen LogP contribution >= 0.6 is 0 Å². The second-order valence-electron chi connectivity index (χ2n) is 2.24. The van der Waals surface area contributed by atoms with Gasteiger partial charge in [-0.05, 0) is 12.1 Å². The summed E-state index contributed by atoms with van der Waals surface area (Å²) < 4.78 is 29.2. The van der Waals surface area contributed by atoms with Gasteiger partial charge in [-0.25, -0.2) is 4.79 Å². The van der Waals surface area contributed by atoms with Crippen LogP contribution in [0.15, 0.2) is 35.2 Å². The number of carbonyl (C=O) groups excluding carboxylic acids is 1. The van der Waals surface area contributed by atoms with Crippen molar-refractivity contribution in [3.63, 3.8) is 0 Å². The van der Waals surface area contributed by atoms with Crippen LogP contribution in [0.5, 0.6) is 0 Å². The van der Waals surface area contributed by atoms with Crippen molar-refractivity contribution in [3.8, 4) is 0 Å². The molecule has 0 fully saturated rings. The first-order valence-corrected chi connectivity index (χ1v) is 5.02. The van der Waals surface area contributed by atoms with E-state index in [2.05, 4.69) is 0 Å². The van der Waals surface area contributed by atoms with E-state index in [0.29, 0.717) is 0 Å². The molecule has 82 valence electrons. The summed E-state index contributed by atoms with van der Waals surface area (Å²) in [6.45, 7) is 0. The fourth-order valence-corrected chi connectivity index (χ4v) is 1.09. The lowest BCUT2D eigenvalue weighted by molar-refractivity contribution is -0.143. The fraction of sp³-hybridized carbons (Fsp3) is 0. The van der Waals surface area contributed by atoms with E-state index in [9.17, 15) is 8.42 Å². The highest BCUT2D eigenvalue weighted by Gasteiger charge is 2.05. The van der Waals surface area contributed by atoms with Gasteiger partial charge in [-0.15, -0.1) is 0 Å². The van der Waals surface area contributed by atoms with Gasteiger partial charge < -0.3 is 5.11 Å². The Morgan fingerprint density at radius 3 is 1.80 bits per heavy atom. The topological polar surface area (TPSA) is 109 Å². The van der Waals surface area contributed by atoms with E-state index < -0.39 is 16.1 Å². The predicted molar refractivity (Wildman–Crippen MR) is 50.0 cm³/mol. The first kappa shape index (κ1) is 13.3. The largest absolute Gasteiger partial charge is 0.476 e. The van der Waals surface area contributed by atoms with Crippen molar-refractivity contribution in [2.24, 2.45) is 0 Å².